The molecule has 0 bridgehead atoms. The topological polar surface area (TPSA) is 15.3 Å². The van der Waals surface area contributed by atoms with Gasteiger partial charge in [0.05, 0.1) is 0 Å². The summed E-state index contributed by atoms with van der Waals surface area (Å²) in [5.74, 6) is 0. The molecule has 4 atom stereocenters. The Balaban J connectivity index is 1.96. The summed E-state index contributed by atoms with van der Waals surface area (Å²) in [4.78, 5) is 2.23. The van der Waals surface area contributed by atoms with E-state index in [0.29, 0.717) is 11.5 Å². The number of hydrogen-bond donors (Lipinski definition) is 1. The lowest BCUT2D eigenvalue weighted by molar-refractivity contribution is 0.330. The fraction of sp³-hybridized carbons (Fsp3) is 0.750. The molecule has 0 amide bonds. The lowest BCUT2D eigenvalue weighted by Gasteiger charge is -2.28. The number of nitrogens with zero attached hydrogens (tertiary/aromatic N) is 1. The lowest BCUT2D eigenvalue weighted by atomic mass is 9.93. The maximum atomic E-state index is 3.60. The molecule has 12 heavy (non-hydrogen) atoms. The Kier molecular flexibility index (Phi) is 2.48. The molecule has 0 aromatic heterocycles. The van der Waals surface area contributed by atoms with Crippen LogP contribution in [0.5, 0.6) is 0 Å². The highest BCUT2D eigenvalue weighted by Gasteiger charge is 2.41. The highest BCUT2D eigenvalue weighted by atomic mass is 32.2. The minimum absolute atomic E-state index is 0.505. The van der Waals surface area contributed by atoms with Crippen molar-refractivity contribution in [3.8, 4) is 0 Å². The first kappa shape index (κ1) is 9.01. The third-order valence-corrected chi connectivity index (χ3v) is 4.43. The molecule has 0 saturated carbocycles. The summed E-state index contributed by atoms with van der Waals surface area (Å²) in [6.07, 6.45) is 3.51. The third-order valence-electron chi connectivity index (χ3n) is 2.42. The van der Waals surface area contributed by atoms with E-state index in [9.17, 15) is 0 Å². The SMILES string of the molecule is CN(C)C1NC2C(CP)=C[C@H]2S1. The van der Waals surface area contributed by atoms with Gasteiger partial charge in [-0.05, 0) is 20.3 Å². The monoisotopic (exact) mass is 202 g/mol. The second kappa shape index (κ2) is 3.30. The number of thioether (sulfide) groups is 1. The lowest BCUT2D eigenvalue weighted by Crippen LogP contribution is -2.44. The van der Waals surface area contributed by atoms with Crippen LogP contribution in [0.25, 0.3) is 0 Å². The molecule has 1 aliphatic heterocycles. The van der Waals surface area contributed by atoms with Crippen molar-refractivity contribution in [1.29, 1.82) is 0 Å². The van der Waals surface area contributed by atoms with E-state index in [2.05, 4.69) is 39.6 Å². The van der Waals surface area contributed by atoms with Gasteiger partial charge < -0.3 is 0 Å². The van der Waals surface area contributed by atoms with E-state index in [1.807, 2.05) is 11.8 Å². The van der Waals surface area contributed by atoms with E-state index in [0.717, 1.165) is 11.4 Å². The zero-order chi connectivity index (χ0) is 8.72. The van der Waals surface area contributed by atoms with Gasteiger partial charge in [0, 0.05) is 11.3 Å². The summed E-state index contributed by atoms with van der Waals surface area (Å²) in [7, 11) is 7.03. The van der Waals surface area contributed by atoms with Gasteiger partial charge in [0.2, 0.25) is 0 Å². The van der Waals surface area contributed by atoms with Crippen LogP contribution < -0.4 is 5.32 Å². The average molecular weight is 202 g/mol. The standard InChI is InChI=1S/C8H15N2PS/c1-10(2)8-9-7-5(4-11)3-6(7)12-8/h3,6-9H,4,11H2,1-2H3/t6-,7?,8?/m1/s1. The molecular weight excluding hydrogens is 187 g/mol. The molecule has 1 fully saturated rings. The average Bonchev–Trinajstić information content (AvgIpc) is 2.30. The molecule has 0 radical (unpaired) electrons. The summed E-state index contributed by atoms with van der Waals surface area (Å²) in [5, 5.41) is 4.33. The first-order valence-electron chi connectivity index (χ1n) is 4.21. The summed E-state index contributed by atoms with van der Waals surface area (Å²) >= 11 is 2.02. The highest BCUT2D eigenvalue weighted by Crippen LogP contribution is 2.40. The number of nitrogens with one attached hydrogen (secondary N) is 1. The molecule has 0 spiro atoms. The van der Waals surface area contributed by atoms with Gasteiger partial charge in [-0.1, -0.05) is 11.6 Å². The first-order valence-corrected chi connectivity index (χ1v) is 5.97. The second-order valence-corrected chi connectivity index (χ2v) is 5.18. The van der Waals surface area contributed by atoms with Gasteiger partial charge >= 0.3 is 0 Å². The summed E-state index contributed by atoms with van der Waals surface area (Å²) < 4.78 is 0. The van der Waals surface area contributed by atoms with Crippen molar-refractivity contribution < 1.29 is 0 Å². The van der Waals surface area contributed by atoms with E-state index in [4.69, 9.17) is 0 Å². The van der Waals surface area contributed by atoms with Crippen molar-refractivity contribution in [2.75, 3.05) is 20.3 Å². The Bertz CT molecular complexity index is 217. The van der Waals surface area contributed by atoms with Crippen molar-refractivity contribution in [2.45, 2.75) is 16.8 Å². The maximum Gasteiger partial charge on any atom is 0.109 e. The predicted octanol–water partition coefficient (Wildman–Crippen LogP) is 0.720. The zero-order valence-corrected chi connectivity index (χ0v) is 9.42. The Labute approximate surface area is 80.4 Å². The second-order valence-electron chi connectivity index (χ2n) is 3.51. The first-order chi connectivity index (χ1) is 5.72. The van der Waals surface area contributed by atoms with Crippen LogP contribution in [0.4, 0.5) is 0 Å². The van der Waals surface area contributed by atoms with Crippen LogP contribution in [0.2, 0.25) is 0 Å². The predicted molar refractivity (Wildman–Crippen MR) is 58.4 cm³/mol. The Morgan fingerprint density at radius 2 is 2.42 bits per heavy atom. The molecule has 1 aliphatic carbocycles. The van der Waals surface area contributed by atoms with Crippen molar-refractivity contribution in [1.82, 2.24) is 10.2 Å². The molecule has 1 N–H and O–H groups in total. The summed E-state index contributed by atoms with van der Waals surface area (Å²) in [5.41, 5.74) is 2.06. The van der Waals surface area contributed by atoms with Gasteiger partial charge in [0.1, 0.15) is 5.50 Å². The quantitative estimate of drug-likeness (QED) is 0.525. The fourth-order valence-electron chi connectivity index (χ4n) is 1.63. The van der Waals surface area contributed by atoms with E-state index < -0.39 is 0 Å². The molecule has 1 saturated heterocycles. The molecule has 1 heterocycles. The molecule has 68 valence electrons. The summed E-state index contributed by atoms with van der Waals surface area (Å²) in [6.45, 7) is 0. The van der Waals surface area contributed by atoms with Crippen LogP contribution in [0.15, 0.2) is 11.6 Å². The van der Waals surface area contributed by atoms with Crippen LogP contribution in [0.1, 0.15) is 0 Å². The molecule has 4 heteroatoms. The van der Waals surface area contributed by atoms with Crippen LogP contribution in [-0.4, -0.2) is 41.9 Å². The Morgan fingerprint density at radius 1 is 1.67 bits per heavy atom. The molecular formula is C8H15N2PS. The van der Waals surface area contributed by atoms with Crippen LogP contribution in [0.3, 0.4) is 0 Å². The van der Waals surface area contributed by atoms with E-state index in [-0.39, 0.29) is 0 Å². The molecule has 3 unspecified atom stereocenters. The summed E-state index contributed by atoms with van der Waals surface area (Å²) in [6, 6.07) is 0.653. The Morgan fingerprint density at radius 3 is 3.00 bits per heavy atom. The van der Waals surface area contributed by atoms with Gasteiger partial charge in [0.15, 0.2) is 0 Å². The van der Waals surface area contributed by atoms with Gasteiger partial charge in [0.25, 0.3) is 0 Å². The van der Waals surface area contributed by atoms with Crippen LogP contribution in [-0.2, 0) is 0 Å². The van der Waals surface area contributed by atoms with Crippen LogP contribution in [0, 0.1) is 0 Å². The zero-order valence-electron chi connectivity index (χ0n) is 7.45. The number of hydrogen-bond acceptors (Lipinski definition) is 3. The molecule has 2 rings (SSSR count). The van der Waals surface area contributed by atoms with Gasteiger partial charge in [-0.2, -0.15) is 0 Å². The van der Waals surface area contributed by atoms with E-state index >= 15 is 0 Å². The van der Waals surface area contributed by atoms with Crippen molar-refractivity contribution >= 4 is 21.0 Å². The molecule has 2 aliphatic rings. The molecule has 2 nitrogen and oxygen atoms in total. The third kappa shape index (κ3) is 1.33. The fourth-order valence-corrected chi connectivity index (χ4v) is 3.45. The molecule has 0 aromatic carbocycles. The normalized spacial score (nSPS) is 39.3. The van der Waals surface area contributed by atoms with Crippen LogP contribution >= 0.6 is 21.0 Å². The van der Waals surface area contributed by atoms with Gasteiger partial charge in [-0.15, -0.1) is 21.0 Å². The smallest absolute Gasteiger partial charge is 0.109 e. The van der Waals surface area contributed by atoms with Crippen molar-refractivity contribution in [2.24, 2.45) is 0 Å². The minimum atomic E-state index is 0.505. The van der Waals surface area contributed by atoms with E-state index in [1.54, 1.807) is 5.57 Å². The van der Waals surface area contributed by atoms with E-state index in [1.165, 1.54) is 0 Å². The molecule has 0 aromatic rings. The largest absolute Gasteiger partial charge is 0.286 e. The number of rotatable bonds is 2. The van der Waals surface area contributed by atoms with Crippen molar-refractivity contribution in [3.05, 3.63) is 11.6 Å². The Hall–Kier alpha value is 0.440. The highest BCUT2D eigenvalue weighted by molar-refractivity contribution is 8.01. The van der Waals surface area contributed by atoms with Crippen molar-refractivity contribution in [3.63, 3.8) is 0 Å². The minimum Gasteiger partial charge on any atom is -0.286 e. The van der Waals surface area contributed by atoms with Gasteiger partial charge in [-0.3, -0.25) is 10.2 Å². The number of fused-ring (bicyclic) bond motifs is 1. The maximum absolute atomic E-state index is 3.60. The van der Waals surface area contributed by atoms with Gasteiger partial charge in [-0.25, -0.2) is 0 Å².